The maximum Gasteiger partial charge on any atom is 0.253 e. The molecule has 0 amide bonds. The van der Waals surface area contributed by atoms with Crippen molar-refractivity contribution in [2.24, 2.45) is 0 Å². The fourth-order valence-corrected chi connectivity index (χ4v) is 5.49. The minimum atomic E-state index is -0.360. The molecule has 8 nitrogen and oxygen atoms in total. The lowest BCUT2D eigenvalue weighted by atomic mass is 10.0. The van der Waals surface area contributed by atoms with Gasteiger partial charge in [-0.15, -0.1) is 5.10 Å². The summed E-state index contributed by atoms with van der Waals surface area (Å²) in [6, 6.07) is 28.6. The van der Waals surface area contributed by atoms with Crippen molar-refractivity contribution in [3.63, 3.8) is 0 Å². The van der Waals surface area contributed by atoms with Gasteiger partial charge in [-0.2, -0.15) is 0 Å². The fourth-order valence-electron chi connectivity index (χ4n) is 5.49. The molecule has 8 heteroatoms. The molecule has 0 radical (unpaired) electrons. The van der Waals surface area contributed by atoms with Gasteiger partial charge in [0.1, 0.15) is 6.04 Å². The molecule has 1 fully saturated rings. The number of H-pyrrole nitrogens is 1. The van der Waals surface area contributed by atoms with E-state index in [2.05, 4.69) is 91.8 Å². The molecule has 0 bridgehead atoms. The van der Waals surface area contributed by atoms with Crippen molar-refractivity contribution in [1.29, 1.82) is 0 Å². The summed E-state index contributed by atoms with van der Waals surface area (Å²) in [5.74, 6) is 0.687. The minimum absolute atomic E-state index is 0.0993. The Kier molecular flexibility index (Phi) is 7.29. The van der Waals surface area contributed by atoms with Crippen LogP contribution in [0.15, 0.2) is 89.7 Å². The summed E-state index contributed by atoms with van der Waals surface area (Å²) in [6.07, 6.45) is 0.937. The van der Waals surface area contributed by atoms with Crippen molar-refractivity contribution in [3.05, 3.63) is 123 Å². The summed E-state index contributed by atoms with van der Waals surface area (Å²) in [5.41, 5.74) is 5.08. The van der Waals surface area contributed by atoms with Gasteiger partial charge >= 0.3 is 0 Å². The summed E-state index contributed by atoms with van der Waals surface area (Å²) < 4.78 is 1.84. The summed E-state index contributed by atoms with van der Waals surface area (Å²) >= 11 is 0. The van der Waals surface area contributed by atoms with Crippen LogP contribution in [0.3, 0.4) is 0 Å². The number of rotatable bonds is 8. The Morgan fingerprint density at radius 3 is 2.21 bits per heavy atom. The van der Waals surface area contributed by atoms with Crippen molar-refractivity contribution in [2.75, 3.05) is 26.2 Å². The highest BCUT2D eigenvalue weighted by atomic mass is 16.1. The third kappa shape index (κ3) is 5.53. The highest BCUT2D eigenvalue weighted by Gasteiger charge is 2.32. The second kappa shape index (κ2) is 11.3. The molecule has 1 saturated heterocycles. The molecule has 0 unspecified atom stereocenters. The van der Waals surface area contributed by atoms with Crippen LogP contribution in [0.4, 0.5) is 0 Å². The number of aryl methyl sites for hydroxylation is 1. The number of hydrogen-bond donors (Lipinski definition) is 1. The van der Waals surface area contributed by atoms with E-state index in [1.54, 1.807) is 0 Å². The Hall–Kier alpha value is -4.14. The molecular weight excluding hydrogens is 486 g/mol. The van der Waals surface area contributed by atoms with Gasteiger partial charge in [0.25, 0.3) is 5.56 Å². The van der Waals surface area contributed by atoms with Gasteiger partial charge in [0.2, 0.25) is 0 Å². The number of aromatic amines is 1. The number of fused-ring (bicyclic) bond motifs is 1. The van der Waals surface area contributed by atoms with E-state index >= 15 is 0 Å². The smallest absolute Gasteiger partial charge is 0.253 e. The molecule has 0 spiro atoms. The van der Waals surface area contributed by atoms with Crippen LogP contribution in [-0.2, 0) is 19.5 Å². The number of tetrazole rings is 1. The number of nitrogens with zero attached hydrogens (tertiary/aromatic N) is 6. The first-order valence-corrected chi connectivity index (χ1v) is 13.6. The number of benzene rings is 3. The van der Waals surface area contributed by atoms with Crippen LogP contribution >= 0.6 is 0 Å². The SMILES string of the molecule is CCc1ccc2[nH]c(=O)c([C@@H](c3nnnn3Cc3ccccc3)N3CCN(Cc4ccccc4)CC3)cc2c1. The van der Waals surface area contributed by atoms with Gasteiger partial charge in [-0.25, -0.2) is 4.68 Å². The Morgan fingerprint density at radius 2 is 1.51 bits per heavy atom. The molecule has 3 aromatic carbocycles. The third-order valence-corrected chi connectivity index (χ3v) is 7.64. The summed E-state index contributed by atoms with van der Waals surface area (Å²) in [7, 11) is 0. The first-order chi connectivity index (χ1) is 19.2. The lowest BCUT2D eigenvalue weighted by molar-refractivity contribution is 0.0998. The lowest BCUT2D eigenvalue weighted by Crippen LogP contribution is -2.48. The normalized spacial score (nSPS) is 15.5. The van der Waals surface area contributed by atoms with Crippen LogP contribution in [0, 0.1) is 0 Å². The highest BCUT2D eigenvalue weighted by Crippen LogP contribution is 2.28. The van der Waals surface area contributed by atoms with Gasteiger partial charge < -0.3 is 4.98 Å². The molecule has 0 aliphatic carbocycles. The van der Waals surface area contributed by atoms with Gasteiger partial charge in [0.05, 0.1) is 6.54 Å². The van der Waals surface area contributed by atoms with Gasteiger partial charge in [0.15, 0.2) is 5.82 Å². The average molecular weight is 520 g/mol. The van der Waals surface area contributed by atoms with Gasteiger partial charge in [0, 0.05) is 43.8 Å². The summed E-state index contributed by atoms with van der Waals surface area (Å²) in [6.45, 7) is 7.02. The molecule has 1 aliphatic heterocycles. The molecule has 1 aliphatic rings. The van der Waals surface area contributed by atoms with E-state index in [-0.39, 0.29) is 11.6 Å². The fraction of sp³-hybridized carbons (Fsp3) is 0.290. The average Bonchev–Trinajstić information content (AvgIpc) is 3.42. The van der Waals surface area contributed by atoms with E-state index < -0.39 is 0 Å². The van der Waals surface area contributed by atoms with E-state index in [1.807, 2.05) is 35.0 Å². The van der Waals surface area contributed by atoms with Crippen molar-refractivity contribution in [1.82, 2.24) is 35.0 Å². The monoisotopic (exact) mass is 519 g/mol. The van der Waals surface area contributed by atoms with Gasteiger partial charge in [-0.1, -0.05) is 73.7 Å². The van der Waals surface area contributed by atoms with E-state index in [0.29, 0.717) is 17.9 Å². The third-order valence-electron chi connectivity index (χ3n) is 7.64. The standard InChI is InChI=1S/C31H33N7O/c1-2-23-13-14-28-26(19-23)20-27(31(39)32-28)29(30-33-34-35-38(30)22-25-11-7-4-8-12-25)37-17-15-36(16-18-37)21-24-9-5-3-6-10-24/h3-14,19-20,29H,2,15-18,21-22H2,1H3,(H,32,39)/t29-/m0/s1. The van der Waals surface area contributed by atoms with Gasteiger partial charge in [-0.3, -0.25) is 14.6 Å². The summed E-state index contributed by atoms with van der Waals surface area (Å²) in [4.78, 5) is 21.5. The van der Waals surface area contributed by atoms with Crippen molar-refractivity contribution in [3.8, 4) is 0 Å². The molecule has 5 aromatic rings. The molecular formula is C31H33N7O. The molecule has 2 aromatic heterocycles. The van der Waals surface area contributed by atoms with E-state index in [4.69, 9.17) is 0 Å². The number of nitrogens with one attached hydrogen (secondary N) is 1. The van der Waals surface area contributed by atoms with Crippen molar-refractivity contribution >= 4 is 10.9 Å². The lowest BCUT2D eigenvalue weighted by Gasteiger charge is -2.38. The maximum absolute atomic E-state index is 13.6. The van der Waals surface area contributed by atoms with E-state index in [0.717, 1.165) is 55.6 Å². The summed E-state index contributed by atoms with van der Waals surface area (Å²) in [5, 5.41) is 13.9. The zero-order chi connectivity index (χ0) is 26.6. The zero-order valence-corrected chi connectivity index (χ0v) is 22.2. The Balaban J connectivity index is 1.36. The zero-order valence-electron chi connectivity index (χ0n) is 22.2. The van der Waals surface area contributed by atoms with Crippen molar-refractivity contribution < 1.29 is 0 Å². The largest absolute Gasteiger partial charge is 0.322 e. The minimum Gasteiger partial charge on any atom is -0.322 e. The second-order valence-corrected chi connectivity index (χ2v) is 10.2. The Bertz CT molecular complexity index is 1590. The van der Waals surface area contributed by atoms with Crippen LogP contribution in [-0.4, -0.2) is 61.2 Å². The van der Waals surface area contributed by atoms with E-state index in [1.165, 1.54) is 11.1 Å². The van der Waals surface area contributed by atoms with Crippen LogP contribution in [0.25, 0.3) is 10.9 Å². The van der Waals surface area contributed by atoms with Crippen LogP contribution in [0.2, 0.25) is 0 Å². The molecule has 1 N–H and O–H groups in total. The van der Waals surface area contributed by atoms with E-state index in [9.17, 15) is 4.79 Å². The second-order valence-electron chi connectivity index (χ2n) is 10.2. The maximum atomic E-state index is 13.6. The predicted octanol–water partition coefficient (Wildman–Crippen LogP) is 4.03. The van der Waals surface area contributed by atoms with Gasteiger partial charge in [-0.05, 0) is 57.1 Å². The topological polar surface area (TPSA) is 82.9 Å². The van der Waals surface area contributed by atoms with Crippen LogP contribution < -0.4 is 5.56 Å². The first kappa shape index (κ1) is 25.2. The number of piperazine rings is 1. The molecule has 0 saturated carbocycles. The predicted molar refractivity (Wildman–Crippen MR) is 152 cm³/mol. The quantitative estimate of drug-likeness (QED) is 0.333. The first-order valence-electron chi connectivity index (χ1n) is 13.6. The highest BCUT2D eigenvalue weighted by molar-refractivity contribution is 5.80. The molecule has 1 atom stereocenters. The van der Waals surface area contributed by atoms with Crippen molar-refractivity contribution in [2.45, 2.75) is 32.5 Å². The van der Waals surface area contributed by atoms with Crippen LogP contribution in [0.5, 0.6) is 0 Å². The van der Waals surface area contributed by atoms with Crippen LogP contribution in [0.1, 0.15) is 41.0 Å². The number of hydrogen-bond acceptors (Lipinski definition) is 6. The molecule has 3 heterocycles. The Morgan fingerprint density at radius 1 is 0.821 bits per heavy atom. The Labute approximate surface area is 227 Å². The molecule has 198 valence electrons. The molecule has 39 heavy (non-hydrogen) atoms. The molecule has 6 rings (SSSR count). The number of aromatic nitrogens is 5. The number of pyridine rings is 1.